The number of rotatable bonds is 5. The smallest absolute Gasteiger partial charge is 0.263 e. The summed E-state index contributed by atoms with van der Waals surface area (Å²) in [7, 11) is 0. The normalized spacial score (nSPS) is 14.0. The van der Waals surface area contributed by atoms with E-state index >= 15 is 0 Å². The largest absolute Gasteiger partial charge is 0.368 e. The summed E-state index contributed by atoms with van der Waals surface area (Å²) in [6.07, 6.45) is 0.420. The van der Waals surface area contributed by atoms with Crippen LogP contribution in [0.4, 0.5) is 0 Å². The number of hydrogen-bond acceptors (Lipinski definition) is 3. The van der Waals surface area contributed by atoms with Crippen LogP contribution in [0, 0.1) is 5.92 Å². The van der Waals surface area contributed by atoms with E-state index in [2.05, 4.69) is 5.32 Å². The van der Waals surface area contributed by atoms with Crippen molar-refractivity contribution in [1.82, 2.24) is 5.32 Å². The molecule has 2 rings (SSSR count). The van der Waals surface area contributed by atoms with Crippen molar-refractivity contribution in [3.63, 3.8) is 0 Å². The Morgan fingerprint density at radius 3 is 2.46 bits per heavy atom. The van der Waals surface area contributed by atoms with E-state index in [1.165, 1.54) is 11.3 Å². The van der Waals surface area contributed by atoms with E-state index in [-0.39, 0.29) is 15.8 Å². The number of halogens is 3. The second kappa shape index (κ2) is 7.08. The molecule has 1 heterocycles. The highest BCUT2D eigenvalue weighted by molar-refractivity contribution is 7.21. The predicted molar refractivity (Wildman–Crippen MR) is 101 cm³/mol. The molecule has 1 unspecified atom stereocenters. The Bertz CT molecular complexity index is 819. The van der Waals surface area contributed by atoms with Gasteiger partial charge in [0.2, 0.25) is 5.91 Å². The second-order valence-electron chi connectivity index (χ2n) is 6.25. The van der Waals surface area contributed by atoms with Crippen LogP contribution in [-0.4, -0.2) is 17.4 Å². The summed E-state index contributed by atoms with van der Waals surface area (Å²) in [6, 6.07) is 3.26. The second-order valence-corrected chi connectivity index (χ2v) is 8.53. The van der Waals surface area contributed by atoms with Crippen LogP contribution in [0.2, 0.25) is 15.1 Å². The minimum absolute atomic E-state index is 0.175. The standard InChI is InChI=1S/C16H17Cl3N2O2S/c1-7(2)6-16(3,15(20)23)21-14(22)13-12(19)11-9(18)4-8(17)5-10(11)24-13/h4-5,7H,6H2,1-3H3,(H2,20,23)(H,21,22). The number of thiophene rings is 1. The van der Waals surface area contributed by atoms with Crippen molar-refractivity contribution in [3.05, 3.63) is 32.1 Å². The third kappa shape index (κ3) is 3.80. The molecule has 2 aromatic rings. The first kappa shape index (κ1) is 19.3. The summed E-state index contributed by atoms with van der Waals surface area (Å²) in [5.74, 6) is -0.882. The molecule has 4 nitrogen and oxygen atoms in total. The van der Waals surface area contributed by atoms with E-state index in [0.29, 0.717) is 26.6 Å². The van der Waals surface area contributed by atoms with Gasteiger partial charge < -0.3 is 11.1 Å². The summed E-state index contributed by atoms with van der Waals surface area (Å²) in [5, 5.41) is 4.36. The molecule has 0 spiro atoms. The van der Waals surface area contributed by atoms with E-state index in [0.717, 1.165) is 0 Å². The Labute approximate surface area is 159 Å². The zero-order chi connectivity index (χ0) is 18.2. The number of carbonyl (C=O) groups excluding carboxylic acids is 2. The highest BCUT2D eigenvalue weighted by atomic mass is 35.5. The molecule has 130 valence electrons. The number of amides is 2. The van der Waals surface area contributed by atoms with Crippen LogP contribution in [0.15, 0.2) is 12.1 Å². The SMILES string of the molecule is CC(C)CC(C)(NC(=O)c1sc2cc(Cl)cc(Cl)c2c1Cl)C(N)=O. The first-order valence-corrected chi connectivity index (χ1v) is 9.19. The molecule has 0 fully saturated rings. The maximum absolute atomic E-state index is 12.7. The fourth-order valence-corrected chi connectivity index (χ4v) is 4.87. The van der Waals surface area contributed by atoms with Crippen molar-refractivity contribution in [2.45, 2.75) is 32.7 Å². The van der Waals surface area contributed by atoms with Gasteiger partial charge in [-0.05, 0) is 31.4 Å². The van der Waals surface area contributed by atoms with Crippen molar-refractivity contribution in [2.24, 2.45) is 11.7 Å². The monoisotopic (exact) mass is 406 g/mol. The van der Waals surface area contributed by atoms with Crippen molar-refractivity contribution in [1.29, 1.82) is 0 Å². The molecular formula is C16H17Cl3N2O2S. The number of hydrogen-bond donors (Lipinski definition) is 2. The van der Waals surface area contributed by atoms with Crippen LogP contribution in [0.5, 0.6) is 0 Å². The maximum atomic E-state index is 12.7. The van der Waals surface area contributed by atoms with Gasteiger partial charge in [-0.25, -0.2) is 0 Å². The van der Waals surface area contributed by atoms with Crippen molar-refractivity contribution in [2.75, 3.05) is 0 Å². The van der Waals surface area contributed by atoms with Gasteiger partial charge in [-0.15, -0.1) is 11.3 Å². The quantitative estimate of drug-likeness (QED) is 0.741. The molecule has 0 radical (unpaired) electrons. The molecular weight excluding hydrogens is 391 g/mol. The molecule has 0 saturated heterocycles. The van der Waals surface area contributed by atoms with Crippen LogP contribution < -0.4 is 11.1 Å². The molecule has 1 aromatic heterocycles. The van der Waals surface area contributed by atoms with Gasteiger partial charge in [-0.3, -0.25) is 9.59 Å². The zero-order valence-electron chi connectivity index (χ0n) is 13.4. The number of carbonyl (C=O) groups is 2. The van der Waals surface area contributed by atoms with Gasteiger partial charge >= 0.3 is 0 Å². The van der Waals surface area contributed by atoms with Gasteiger partial charge in [0.15, 0.2) is 0 Å². The van der Waals surface area contributed by atoms with Gasteiger partial charge in [0.1, 0.15) is 10.4 Å². The van der Waals surface area contributed by atoms with Gasteiger partial charge in [0.25, 0.3) is 5.91 Å². The lowest BCUT2D eigenvalue weighted by Gasteiger charge is -2.29. The average molecular weight is 408 g/mol. The Morgan fingerprint density at radius 1 is 1.29 bits per heavy atom. The van der Waals surface area contributed by atoms with E-state index < -0.39 is 17.4 Å². The summed E-state index contributed by atoms with van der Waals surface area (Å²) >= 11 is 19.7. The number of benzene rings is 1. The highest BCUT2D eigenvalue weighted by Crippen LogP contribution is 2.41. The lowest BCUT2D eigenvalue weighted by atomic mass is 9.90. The van der Waals surface area contributed by atoms with Crippen LogP contribution in [0.1, 0.15) is 36.9 Å². The molecule has 0 aliphatic rings. The maximum Gasteiger partial charge on any atom is 0.263 e. The third-order valence-corrected chi connectivity index (χ3v) is 5.75. The topological polar surface area (TPSA) is 72.2 Å². The van der Waals surface area contributed by atoms with Crippen LogP contribution in [0.25, 0.3) is 10.1 Å². The molecule has 1 atom stereocenters. The lowest BCUT2D eigenvalue weighted by molar-refractivity contribution is -0.124. The van der Waals surface area contributed by atoms with E-state index in [1.807, 2.05) is 13.8 Å². The fraction of sp³-hybridized carbons (Fsp3) is 0.375. The third-order valence-electron chi connectivity index (χ3n) is 3.61. The van der Waals surface area contributed by atoms with Gasteiger partial charge in [0, 0.05) is 15.1 Å². The molecule has 2 amide bonds. The molecule has 1 aromatic carbocycles. The fourth-order valence-electron chi connectivity index (χ4n) is 2.59. The summed E-state index contributed by atoms with van der Waals surface area (Å²) in [6.45, 7) is 5.50. The Balaban J connectivity index is 2.43. The number of nitrogens with one attached hydrogen (secondary N) is 1. The number of fused-ring (bicyclic) bond motifs is 1. The average Bonchev–Trinajstić information content (AvgIpc) is 2.74. The van der Waals surface area contributed by atoms with Crippen LogP contribution >= 0.6 is 46.1 Å². The lowest BCUT2D eigenvalue weighted by Crippen LogP contribution is -2.55. The van der Waals surface area contributed by atoms with E-state index in [4.69, 9.17) is 40.5 Å². The van der Waals surface area contributed by atoms with Crippen LogP contribution in [-0.2, 0) is 4.79 Å². The number of primary amides is 1. The van der Waals surface area contributed by atoms with Crippen molar-refractivity contribution < 1.29 is 9.59 Å². The predicted octanol–water partition coefficient (Wildman–Crippen LogP) is 4.88. The van der Waals surface area contributed by atoms with Crippen LogP contribution in [0.3, 0.4) is 0 Å². The van der Waals surface area contributed by atoms with Gasteiger partial charge in [-0.2, -0.15) is 0 Å². The van der Waals surface area contributed by atoms with Gasteiger partial charge in [0.05, 0.1) is 10.0 Å². The molecule has 0 aliphatic heterocycles. The Morgan fingerprint density at radius 2 is 1.92 bits per heavy atom. The van der Waals surface area contributed by atoms with Crippen molar-refractivity contribution in [3.8, 4) is 0 Å². The first-order chi connectivity index (χ1) is 11.0. The molecule has 0 aliphatic carbocycles. The minimum Gasteiger partial charge on any atom is -0.368 e. The summed E-state index contributed by atoms with van der Waals surface area (Å²) in [4.78, 5) is 24.8. The highest BCUT2D eigenvalue weighted by Gasteiger charge is 2.35. The number of nitrogens with two attached hydrogens (primary N) is 1. The first-order valence-electron chi connectivity index (χ1n) is 7.24. The molecule has 8 heteroatoms. The molecule has 0 saturated carbocycles. The molecule has 24 heavy (non-hydrogen) atoms. The van der Waals surface area contributed by atoms with E-state index in [9.17, 15) is 9.59 Å². The Hall–Kier alpha value is -1.01. The van der Waals surface area contributed by atoms with Crippen molar-refractivity contribution >= 4 is 68.0 Å². The van der Waals surface area contributed by atoms with Gasteiger partial charge in [-0.1, -0.05) is 48.7 Å². The minimum atomic E-state index is -1.16. The molecule has 0 bridgehead atoms. The zero-order valence-corrected chi connectivity index (χ0v) is 16.5. The van der Waals surface area contributed by atoms with E-state index in [1.54, 1.807) is 19.1 Å². The molecule has 3 N–H and O–H groups in total. The summed E-state index contributed by atoms with van der Waals surface area (Å²) in [5.41, 5.74) is 4.32. The Kier molecular flexibility index (Phi) is 5.70. The summed E-state index contributed by atoms with van der Waals surface area (Å²) < 4.78 is 0.701.